The van der Waals surface area contributed by atoms with Crippen molar-refractivity contribution in [3.05, 3.63) is 53.7 Å². The molecule has 0 aliphatic rings. The quantitative estimate of drug-likeness (QED) is 0.610. The van der Waals surface area contributed by atoms with Crippen molar-refractivity contribution in [1.29, 1.82) is 0 Å². The number of aromatic nitrogens is 1. The van der Waals surface area contributed by atoms with Gasteiger partial charge >= 0.3 is 0 Å². The Bertz CT molecular complexity index is 786. The number of sulfonamides is 1. The Balaban J connectivity index is 1.93. The lowest BCUT2D eigenvalue weighted by Gasteiger charge is -2.15. The van der Waals surface area contributed by atoms with Gasteiger partial charge in [-0.15, -0.1) is 0 Å². The van der Waals surface area contributed by atoms with Crippen LogP contribution in [0, 0.1) is 0 Å². The molecule has 7 heteroatoms. The molecular formula is C20H29N3O3S. The molecule has 0 saturated heterocycles. The summed E-state index contributed by atoms with van der Waals surface area (Å²) in [5.74, 6) is 0.634. The van der Waals surface area contributed by atoms with Crippen molar-refractivity contribution in [2.24, 2.45) is 0 Å². The normalized spacial score (nSPS) is 11.7. The summed E-state index contributed by atoms with van der Waals surface area (Å²) in [5, 5.41) is 3.21. The zero-order chi connectivity index (χ0) is 19.7. The van der Waals surface area contributed by atoms with Crippen LogP contribution in [0.25, 0.3) is 0 Å². The van der Waals surface area contributed by atoms with Crippen molar-refractivity contribution in [1.82, 2.24) is 9.71 Å². The predicted octanol–water partition coefficient (Wildman–Crippen LogP) is 3.70. The molecule has 2 aromatic rings. The van der Waals surface area contributed by atoms with Crippen molar-refractivity contribution < 1.29 is 13.2 Å². The molecule has 0 spiro atoms. The van der Waals surface area contributed by atoms with Crippen LogP contribution in [0.2, 0.25) is 0 Å². The van der Waals surface area contributed by atoms with Gasteiger partial charge in [0, 0.05) is 25.4 Å². The zero-order valence-electron chi connectivity index (χ0n) is 16.2. The van der Waals surface area contributed by atoms with Crippen LogP contribution in [-0.2, 0) is 27.9 Å². The van der Waals surface area contributed by atoms with Crippen molar-refractivity contribution in [2.45, 2.75) is 57.7 Å². The largest absolute Gasteiger partial charge is 0.377 e. The monoisotopic (exact) mass is 391 g/mol. The highest BCUT2D eigenvalue weighted by molar-refractivity contribution is 7.89. The Kier molecular flexibility index (Phi) is 8.22. The van der Waals surface area contributed by atoms with E-state index in [2.05, 4.69) is 15.0 Å². The van der Waals surface area contributed by atoms with Crippen LogP contribution < -0.4 is 10.0 Å². The molecule has 0 fully saturated rings. The molecule has 0 bridgehead atoms. The van der Waals surface area contributed by atoms with E-state index in [9.17, 15) is 8.42 Å². The van der Waals surface area contributed by atoms with Gasteiger partial charge < -0.3 is 10.1 Å². The summed E-state index contributed by atoms with van der Waals surface area (Å²) < 4.78 is 32.8. The van der Waals surface area contributed by atoms with Gasteiger partial charge in [0.05, 0.1) is 6.61 Å². The number of ether oxygens (including phenoxy) is 1. The zero-order valence-corrected chi connectivity index (χ0v) is 17.1. The second kappa shape index (κ2) is 10.4. The van der Waals surface area contributed by atoms with E-state index in [1.165, 1.54) is 6.20 Å². The lowest BCUT2D eigenvalue weighted by Crippen LogP contribution is -2.33. The van der Waals surface area contributed by atoms with E-state index in [0.29, 0.717) is 25.6 Å². The third-order valence-corrected chi connectivity index (χ3v) is 5.83. The maximum atomic E-state index is 12.4. The van der Waals surface area contributed by atoms with Crippen molar-refractivity contribution >= 4 is 15.8 Å². The van der Waals surface area contributed by atoms with E-state index in [1.54, 1.807) is 12.1 Å². The van der Waals surface area contributed by atoms with Crippen LogP contribution in [0.1, 0.15) is 44.7 Å². The molecule has 0 radical (unpaired) electrons. The Labute approximate surface area is 162 Å². The van der Waals surface area contributed by atoms with Crippen LogP contribution in [0.5, 0.6) is 0 Å². The minimum absolute atomic E-state index is 0.0569. The highest BCUT2D eigenvalue weighted by atomic mass is 32.2. The Morgan fingerprint density at radius 2 is 1.67 bits per heavy atom. The number of nitrogens with zero attached hydrogens (tertiary/aromatic N) is 1. The molecule has 0 aliphatic heterocycles. The lowest BCUT2D eigenvalue weighted by molar-refractivity contribution is 0.134. The van der Waals surface area contributed by atoms with Gasteiger partial charge in [0.15, 0.2) is 0 Å². The molecule has 0 saturated carbocycles. The Morgan fingerprint density at radius 1 is 1.00 bits per heavy atom. The second-order valence-corrected chi connectivity index (χ2v) is 8.04. The molecule has 2 N–H and O–H groups in total. The Hall–Kier alpha value is -1.96. The highest BCUT2D eigenvalue weighted by Gasteiger charge is 2.18. The summed E-state index contributed by atoms with van der Waals surface area (Å²) >= 11 is 0. The van der Waals surface area contributed by atoms with E-state index in [4.69, 9.17) is 4.74 Å². The van der Waals surface area contributed by atoms with Gasteiger partial charge in [0.25, 0.3) is 0 Å². The molecule has 6 nitrogen and oxygen atoms in total. The number of hydrogen-bond acceptors (Lipinski definition) is 5. The number of hydrogen-bond donors (Lipinski definition) is 2. The fourth-order valence-electron chi connectivity index (χ4n) is 2.55. The Morgan fingerprint density at radius 3 is 2.22 bits per heavy atom. The maximum absolute atomic E-state index is 12.4. The highest BCUT2D eigenvalue weighted by Crippen LogP contribution is 2.14. The van der Waals surface area contributed by atoms with Gasteiger partial charge in [-0.25, -0.2) is 18.1 Å². The first-order valence-electron chi connectivity index (χ1n) is 9.36. The predicted molar refractivity (Wildman–Crippen MR) is 108 cm³/mol. The smallest absolute Gasteiger partial charge is 0.242 e. The SMILES string of the molecule is CCOCc1ccc(CNc2ccc(S(=O)(=O)NC(CC)CC)cn2)cc1. The van der Waals surface area contributed by atoms with Crippen LogP contribution in [0.3, 0.4) is 0 Å². The van der Waals surface area contributed by atoms with Gasteiger partial charge in [-0.3, -0.25) is 0 Å². The van der Waals surface area contributed by atoms with E-state index in [-0.39, 0.29) is 10.9 Å². The van der Waals surface area contributed by atoms with E-state index >= 15 is 0 Å². The van der Waals surface area contributed by atoms with Crippen molar-refractivity contribution in [3.63, 3.8) is 0 Å². The summed E-state index contributed by atoms with van der Waals surface area (Å²) in [6, 6.07) is 11.4. The number of benzene rings is 1. The van der Waals surface area contributed by atoms with E-state index in [0.717, 1.165) is 24.0 Å². The van der Waals surface area contributed by atoms with Gasteiger partial charge in [0.2, 0.25) is 10.0 Å². The third-order valence-electron chi connectivity index (χ3n) is 4.32. The number of rotatable bonds is 11. The molecule has 0 aliphatic carbocycles. The average molecular weight is 392 g/mol. The molecular weight excluding hydrogens is 362 g/mol. The van der Waals surface area contributed by atoms with Gasteiger partial charge in [-0.05, 0) is 43.0 Å². The van der Waals surface area contributed by atoms with Crippen molar-refractivity contribution in [2.75, 3.05) is 11.9 Å². The maximum Gasteiger partial charge on any atom is 0.242 e. The summed E-state index contributed by atoms with van der Waals surface area (Å²) in [7, 11) is -3.53. The molecule has 148 valence electrons. The molecule has 2 rings (SSSR count). The lowest BCUT2D eigenvalue weighted by atomic mass is 10.1. The molecule has 1 aromatic carbocycles. The van der Waals surface area contributed by atoms with Gasteiger partial charge in [0.1, 0.15) is 10.7 Å². The molecule has 0 unspecified atom stereocenters. The van der Waals surface area contributed by atoms with Crippen LogP contribution in [0.15, 0.2) is 47.5 Å². The van der Waals surface area contributed by atoms with Crippen LogP contribution >= 0.6 is 0 Å². The first kappa shape index (κ1) is 21.3. The van der Waals surface area contributed by atoms with E-state index < -0.39 is 10.0 Å². The van der Waals surface area contributed by atoms with Gasteiger partial charge in [-0.2, -0.15) is 0 Å². The molecule has 0 amide bonds. The number of anilines is 1. The minimum Gasteiger partial charge on any atom is -0.377 e. The number of nitrogens with one attached hydrogen (secondary N) is 2. The number of pyridine rings is 1. The van der Waals surface area contributed by atoms with E-state index in [1.807, 2.05) is 45.0 Å². The fraction of sp³-hybridized carbons (Fsp3) is 0.450. The average Bonchev–Trinajstić information content (AvgIpc) is 2.70. The standard InChI is InChI=1S/C20H29N3O3S/c1-4-18(5-2)23-27(24,25)19-11-12-20(22-14-19)21-13-16-7-9-17(10-8-16)15-26-6-3/h7-12,14,18,23H,4-6,13,15H2,1-3H3,(H,21,22). The van der Waals surface area contributed by atoms with Crippen molar-refractivity contribution in [3.8, 4) is 0 Å². The molecule has 0 atom stereocenters. The first-order valence-corrected chi connectivity index (χ1v) is 10.8. The summed E-state index contributed by atoms with van der Waals surface area (Å²) in [6.45, 7) is 7.83. The molecule has 27 heavy (non-hydrogen) atoms. The van der Waals surface area contributed by atoms with Gasteiger partial charge in [-0.1, -0.05) is 38.1 Å². The molecule has 1 aromatic heterocycles. The third kappa shape index (κ3) is 6.61. The summed E-state index contributed by atoms with van der Waals surface area (Å²) in [5.41, 5.74) is 2.25. The van der Waals surface area contributed by atoms with Crippen LogP contribution in [0.4, 0.5) is 5.82 Å². The summed E-state index contributed by atoms with van der Waals surface area (Å²) in [6.07, 6.45) is 2.90. The van der Waals surface area contributed by atoms with Crippen LogP contribution in [-0.4, -0.2) is 26.1 Å². The topological polar surface area (TPSA) is 80.3 Å². The fourth-order valence-corrected chi connectivity index (χ4v) is 3.90. The second-order valence-electron chi connectivity index (χ2n) is 6.32. The minimum atomic E-state index is -3.53. The molecule has 1 heterocycles. The summed E-state index contributed by atoms with van der Waals surface area (Å²) in [4.78, 5) is 4.41. The first-order chi connectivity index (χ1) is 13.0.